The maximum absolute atomic E-state index is 13.3. The van der Waals surface area contributed by atoms with Gasteiger partial charge in [0.25, 0.3) is 5.91 Å². The highest BCUT2D eigenvalue weighted by Gasteiger charge is 2.26. The second kappa shape index (κ2) is 11.8. The van der Waals surface area contributed by atoms with Crippen LogP contribution in [-0.2, 0) is 26.0 Å². The number of pyridine rings is 1. The predicted octanol–water partition coefficient (Wildman–Crippen LogP) is 2.42. The van der Waals surface area contributed by atoms with E-state index in [4.69, 9.17) is 0 Å². The highest BCUT2D eigenvalue weighted by Crippen LogP contribution is 2.19. The van der Waals surface area contributed by atoms with E-state index in [0.29, 0.717) is 17.7 Å². The lowest BCUT2D eigenvalue weighted by atomic mass is 10.1. The minimum atomic E-state index is -3.99. The molecule has 0 bridgehead atoms. The minimum absolute atomic E-state index is 0.0151. The molecule has 34 heavy (non-hydrogen) atoms. The Labute approximate surface area is 198 Å². The molecule has 0 saturated carbocycles. The monoisotopic (exact) mass is 479 g/mol. The van der Waals surface area contributed by atoms with Crippen molar-refractivity contribution in [1.29, 1.82) is 0 Å². The molecule has 3 rings (SSSR count). The Bertz CT molecular complexity index is 1230. The van der Waals surface area contributed by atoms with E-state index in [2.05, 4.69) is 20.8 Å². The van der Waals surface area contributed by atoms with Crippen molar-refractivity contribution in [2.45, 2.75) is 18.2 Å². The smallest absolute Gasteiger partial charge is 0.255 e. The van der Waals surface area contributed by atoms with E-state index in [0.717, 1.165) is 9.87 Å². The van der Waals surface area contributed by atoms with Crippen molar-refractivity contribution < 1.29 is 18.0 Å². The Morgan fingerprint density at radius 1 is 1.03 bits per heavy atom. The fourth-order valence-electron chi connectivity index (χ4n) is 3.07. The van der Waals surface area contributed by atoms with Crippen LogP contribution in [0.1, 0.15) is 18.1 Å². The van der Waals surface area contributed by atoms with Gasteiger partial charge in [0.1, 0.15) is 0 Å². The third-order valence-corrected chi connectivity index (χ3v) is 6.57. The van der Waals surface area contributed by atoms with E-state index in [9.17, 15) is 18.0 Å². The summed E-state index contributed by atoms with van der Waals surface area (Å²) in [5.74, 6) is -0.838. The van der Waals surface area contributed by atoms with Crippen LogP contribution in [0.25, 0.3) is 0 Å². The molecule has 1 heterocycles. The summed E-state index contributed by atoms with van der Waals surface area (Å²) >= 11 is 0. The predicted molar refractivity (Wildman–Crippen MR) is 130 cm³/mol. The molecule has 9 nitrogen and oxygen atoms in total. The number of rotatable bonds is 10. The van der Waals surface area contributed by atoms with Gasteiger partial charge in [0.2, 0.25) is 15.9 Å². The van der Waals surface area contributed by atoms with Crippen LogP contribution in [0, 0.1) is 0 Å². The van der Waals surface area contributed by atoms with E-state index < -0.39 is 22.5 Å². The maximum Gasteiger partial charge on any atom is 0.255 e. The zero-order valence-corrected chi connectivity index (χ0v) is 19.4. The number of nitrogens with zero attached hydrogens (tertiary/aromatic N) is 3. The van der Waals surface area contributed by atoms with Crippen LogP contribution in [0.2, 0.25) is 0 Å². The number of carbonyl (C=O) groups excluding carboxylic acids is 2. The van der Waals surface area contributed by atoms with Crippen LogP contribution in [-0.4, -0.2) is 48.8 Å². The summed E-state index contributed by atoms with van der Waals surface area (Å²) in [6, 6.07) is 18.7. The highest BCUT2D eigenvalue weighted by molar-refractivity contribution is 7.89. The number of benzene rings is 2. The molecule has 0 aliphatic carbocycles. The second-order valence-electron chi connectivity index (χ2n) is 7.36. The Balaban J connectivity index is 1.75. The van der Waals surface area contributed by atoms with Crippen molar-refractivity contribution in [1.82, 2.24) is 14.7 Å². The number of nitrogens with one attached hydrogen (secondary N) is 2. The molecule has 2 aromatic carbocycles. The van der Waals surface area contributed by atoms with E-state index in [1.54, 1.807) is 24.5 Å². The fourth-order valence-corrected chi connectivity index (χ4v) is 4.47. The van der Waals surface area contributed by atoms with Crippen molar-refractivity contribution in [3.8, 4) is 0 Å². The van der Waals surface area contributed by atoms with Gasteiger partial charge >= 0.3 is 0 Å². The van der Waals surface area contributed by atoms with Gasteiger partial charge in [0.15, 0.2) is 0 Å². The van der Waals surface area contributed by atoms with Crippen LogP contribution in [0.4, 0.5) is 5.69 Å². The lowest BCUT2D eigenvalue weighted by molar-refractivity contribution is -0.121. The van der Waals surface area contributed by atoms with Gasteiger partial charge < -0.3 is 5.32 Å². The second-order valence-corrected chi connectivity index (χ2v) is 9.30. The molecule has 0 aliphatic heterocycles. The highest BCUT2D eigenvalue weighted by atomic mass is 32.2. The van der Waals surface area contributed by atoms with Gasteiger partial charge in [0, 0.05) is 37.1 Å². The number of amides is 2. The summed E-state index contributed by atoms with van der Waals surface area (Å²) in [6.07, 6.45) is 5.05. The zero-order valence-electron chi connectivity index (χ0n) is 18.6. The summed E-state index contributed by atoms with van der Waals surface area (Å²) in [6.45, 7) is 1.05. The molecule has 1 aromatic heterocycles. The van der Waals surface area contributed by atoms with E-state index in [1.807, 2.05) is 30.3 Å². The number of carbonyl (C=O) groups is 2. The van der Waals surface area contributed by atoms with Crippen LogP contribution >= 0.6 is 0 Å². The van der Waals surface area contributed by atoms with Crippen LogP contribution < -0.4 is 10.7 Å². The summed E-state index contributed by atoms with van der Waals surface area (Å²) in [5.41, 5.74) is 4.47. The molecule has 0 atom stereocenters. The average Bonchev–Trinajstić information content (AvgIpc) is 2.83. The standard InChI is InChI=1S/C24H25N5O4S/c1-19(30)27-22-9-11-23(12-10-22)34(32,33)29(15-13-20-6-3-2-4-7-20)18-24(31)28-26-17-21-8-5-14-25-16-21/h2-12,14,16-17H,13,15,18H2,1H3,(H,27,30)(H,28,31)/b26-17+. The zero-order chi connectivity index (χ0) is 24.4. The van der Waals surface area contributed by atoms with Gasteiger partial charge in [-0.05, 0) is 42.3 Å². The van der Waals surface area contributed by atoms with Gasteiger partial charge in [-0.25, -0.2) is 13.8 Å². The Kier molecular flexibility index (Phi) is 8.60. The molecule has 0 unspecified atom stereocenters. The quantitative estimate of drug-likeness (QED) is 0.342. The number of hydrogen-bond acceptors (Lipinski definition) is 6. The Hall–Kier alpha value is -3.89. The van der Waals surface area contributed by atoms with E-state index in [1.165, 1.54) is 37.4 Å². The first-order valence-electron chi connectivity index (χ1n) is 10.5. The number of hydrogen-bond donors (Lipinski definition) is 2. The molecule has 0 saturated heterocycles. The molecule has 3 aromatic rings. The fraction of sp³-hybridized carbons (Fsp3) is 0.167. The first kappa shape index (κ1) is 24.7. The lowest BCUT2D eigenvalue weighted by Gasteiger charge is -2.21. The molecule has 176 valence electrons. The van der Waals surface area contributed by atoms with Gasteiger partial charge in [-0.2, -0.15) is 9.41 Å². The maximum atomic E-state index is 13.3. The molecule has 10 heteroatoms. The van der Waals surface area contributed by atoms with Crippen LogP contribution in [0.5, 0.6) is 0 Å². The Morgan fingerprint density at radius 2 is 1.76 bits per heavy atom. The molecule has 0 fully saturated rings. The first-order valence-corrected chi connectivity index (χ1v) is 11.9. The number of aromatic nitrogens is 1. The van der Waals surface area contributed by atoms with Gasteiger partial charge in [-0.3, -0.25) is 14.6 Å². The summed E-state index contributed by atoms with van der Waals surface area (Å²) in [5, 5.41) is 6.48. The number of hydrazone groups is 1. The number of sulfonamides is 1. The van der Waals surface area contributed by atoms with Crippen LogP contribution in [0.15, 0.2) is 89.1 Å². The normalized spacial score (nSPS) is 11.5. The lowest BCUT2D eigenvalue weighted by Crippen LogP contribution is -2.40. The molecular weight excluding hydrogens is 454 g/mol. The third-order valence-electron chi connectivity index (χ3n) is 4.71. The largest absolute Gasteiger partial charge is 0.326 e. The summed E-state index contributed by atoms with van der Waals surface area (Å²) in [7, 11) is -3.99. The first-order chi connectivity index (χ1) is 16.3. The molecule has 2 N–H and O–H groups in total. The van der Waals surface area contributed by atoms with Gasteiger partial charge in [-0.15, -0.1) is 0 Å². The van der Waals surface area contributed by atoms with Crippen molar-refractivity contribution in [2.75, 3.05) is 18.4 Å². The number of anilines is 1. The van der Waals surface area contributed by atoms with Gasteiger partial charge in [0.05, 0.1) is 17.7 Å². The van der Waals surface area contributed by atoms with Gasteiger partial charge in [-0.1, -0.05) is 36.4 Å². The minimum Gasteiger partial charge on any atom is -0.326 e. The molecule has 2 amide bonds. The van der Waals surface area contributed by atoms with Crippen molar-refractivity contribution in [2.24, 2.45) is 5.10 Å². The van der Waals surface area contributed by atoms with Crippen LogP contribution in [0.3, 0.4) is 0 Å². The topological polar surface area (TPSA) is 121 Å². The molecule has 0 radical (unpaired) electrons. The summed E-state index contributed by atoms with van der Waals surface area (Å²) in [4.78, 5) is 27.7. The SMILES string of the molecule is CC(=O)Nc1ccc(S(=O)(=O)N(CCc2ccccc2)CC(=O)N/N=C/c2cccnc2)cc1. The molecule has 0 spiro atoms. The van der Waals surface area contributed by atoms with E-state index in [-0.39, 0.29) is 17.3 Å². The molecule has 0 aliphatic rings. The molecular formula is C24H25N5O4S. The van der Waals surface area contributed by atoms with Crippen molar-refractivity contribution in [3.05, 3.63) is 90.3 Å². The van der Waals surface area contributed by atoms with Crippen molar-refractivity contribution >= 4 is 33.7 Å². The summed E-state index contributed by atoms with van der Waals surface area (Å²) < 4.78 is 27.8. The van der Waals surface area contributed by atoms with E-state index >= 15 is 0 Å². The average molecular weight is 480 g/mol. The third kappa shape index (κ3) is 7.32. The Morgan fingerprint density at radius 3 is 2.41 bits per heavy atom. The van der Waals surface area contributed by atoms with Crippen molar-refractivity contribution in [3.63, 3.8) is 0 Å².